The van der Waals surface area contributed by atoms with Crippen LogP contribution in [0.25, 0.3) is 0 Å². The molecule has 0 aliphatic heterocycles. The normalized spacial score (nSPS) is 10.1. The molecule has 1 heterocycles. The number of nitrogen functional groups attached to an aromatic ring is 1. The minimum absolute atomic E-state index is 0.448. The van der Waals surface area contributed by atoms with E-state index >= 15 is 0 Å². The number of aryl methyl sites for hydroxylation is 1. The van der Waals surface area contributed by atoms with Crippen molar-refractivity contribution in [2.75, 3.05) is 18.2 Å². The molecule has 0 unspecified atom stereocenters. The number of rotatable bonds is 4. The molecule has 0 bridgehead atoms. The van der Waals surface area contributed by atoms with Gasteiger partial charge in [-0.3, -0.25) is 0 Å². The van der Waals surface area contributed by atoms with Crippen molar-refractivity contribution in [1.29, 1.82) is 0 Å². The predicted molar refractivity (Wildman–Crippen MR) is 73.7 cm³/mol. The number of hydrogen-bond donors (Lipinski definition) is 2. The Labute approximate surface area is 107 Å². The van der Waals surface area contributed by atoms with E-state index in [1.807, 2.05) is 12.1 Å². The number of benzene rings is 1. The molecule has 0 spiro atoms. The Bertz CT molecular complexity index is 540. The second-order valence-corrected chi connectivity index (χ2v) is 4.14. The molecule has 0 aliphatic carbocycles. The van der Waals surface area contributed by atoms with Crippen LogP contribution >= 0.6 is 0 Å². The Morgan fingerprint density at radius 3 is 2.83 bits per heavy atom. The largest absolute Gasteiger partial charge is 0.479 e. The monoisotopic (exact) mass is 243 g/mol. The quantitative estimate of drug-likeness (QED) is 0.866. The van der Waals surface area contributed by atoms with Gasteiger partial charge in [0.05, 0.1) is 12.8 Å². The number of ether oxygens (including phenoxy) is 1. The van der Waals surface area contributed by atoms with Crippen molar-refractivity contribution < 1.29 is 4.74 Å². The molecule has 3 N–H and O–H groups in total. The third-order valence-corrected chi connectivity index (χ3v) is 2.64. The summed E-state index contributed by atoms with van der Waals surface area (Å²) >= 11 is 0. The number of methoxy groups -OCH3 is 1. The second-order valence-electron chi connectivity index (χ2n) is 4.14. The molecule has 2 aromatic rings. The van der Waals surface area contributed by atoms with Crippen LogP contribution in [-0.2, 0) is 6.54 Å². The standard InChI is InChI=1S/C14H17N3O/c1-10-4-3-5-11(8-10)9-16-13-7-6-12(15)14(17-13)18-2/h3-8H,9,15H2,1-2H3,(H,16,17). The zero-order chi connectivity index (χ0) is 13.0. The van der Waals surface area contributed by atoms with Crippen LogP contribution in [0.2, 0.25) is 0 Å². The van der Waals surface area contributed by atoms with E-state index in [1.165, 1.54) is 11.1 Å². The van der Waals surface area contributed by atoms with E-state index in [-0.39, 0.29) is 0 Å². The molecular weight excluding hydrogens is 226 g/mol. The summed E-state index contributed by atoms with van der Waals surface area (Å²) in [6.07, 6.45) is 0. The third kappa shape index (κ3) is 2.91. The van der Waals surface area contributed by atoms with E-state index in [9.17, 15) is 0 Å². The van der Waals surface area contributed by atoms with Crippen LogP contribution in [0.3, 0.4) is 0 Å². The molecule has 0 radical (unpaired) electrons. The summed E-state index contributed by atoms with van der Waals surface area (Å²) in [4.78, 5) is 4.27. The van der Waals surface area contributed by atoms with Gasteiger partial charge in [-0.05, 0) is 24.6 Å². The first-order valence-corrected chi connectivity index (χ1v) is 5.79. The van der Waals surface area contributed by atoms with Crippen LogP contribution in [0.4, 0.5) is 11.5 Å². The van der Waals surface area contributed by atoms with Crippen molar-refractivity contribution in [3.8, 4) is 5.88 Å². The Morgan fingerprint density at radius 1 is 1.28 bits per heavy atom. The van der Waals surface area contributed by atoms with Crippen LogP contribution < -0.4 is 15.8 Å². The second kappa shape index (κ2) is 5.40. The fraction of sp³-hybridized carbons (Fsp3) is 0.214. The molecule has 2 rings (SSSR count). The van der Waals surface area contributed by atoms with Gasteiger partial charge in [-0.25, -0.2) is 0 Å². The number of nitrogens with two attached hydrogens (primary N) is 1. The van der Waals surface area contributed by atoms with Gasteiger partial charge >= 0.3 is 0 Å². The highest BCUT2D eigenvalue weighted by atomic mass is 16.5. The molecule has 0 saturated heterocycles. The first-order chi connectivity index (χ1) is 8.69. The zero-order valence-corrected chi connectivity index (χ0v) is 10.6. The van der Waals surface area contributed by atoms with Gasteiger partial charge < -0.3 is 15.8 Å². The molecule has 1 aromatic carbocycles. The van der Waals surface area contributed by atoms with E-state index in [1.54, 1.807) is 13.2 Å². The third-order valence-electron chi connectivity index (χ3n) is 2.64. The minimum Gasteiger partial charge on any atom is -0.479 e. The number of nitrogens with one attached hydrogen (secondary N) is 1. The lowest BCUT2D eigenvalue weighted by Crippen LogP contribution is -2.03. The lowest BCUT2D eigenvalue weighted by molar-refractivity contribution is 0.401. The maximum atomic E-state index is 5.71. The van der Waals surface area contributed by atoms with Gasteiger partial charge in [-0.1, -0.05) is 29.8 Å². The van der Waals surface area contributed by atoms with Crippen LogP contribution in [0.15, 0.2) is 36.4 Å². The topological polar surface area (TPSA) is 60.2 Å². The fourth-order valence-electron chi connectivity index (χ4n) is 1.73. The van der Waals surface area contributed by atoms with E-state index in [4.69, 9.17) is 10.5 Å². The first kappa shape index (κ1) is 12.2. The number of pyridine rings is 1. The number of anilines is 2. The maximum absolute atomic E-state index is 5.71. The molecule has 4 nitrogen and oxygen atoms in total. The van der Waals surface area contributed by atoms with Crippen molar-refractivity contribution in [3.05, 3.63) is 47.5 Å². The van der Waals surface area contributed by atoms with Crippen molar-refractivity contribution in [2.24, 2.45) is 0 Å². The summed E-state index contributed by atoms with van der Waals surface area (Å²) in [6.45, 7) is 2.80. The zero-order valence-electron chi connectivity index (χ0n) is 10.6. The highest BCUT2D eigenvalue weighted by molar-refractivity contribution is 5.53. The molecule has 4 heteroatoms. The molecule has 1 aromatic heterocycles. The Kier molecular flexibility index (Phi) is 3.67. The van der Waals surface area contributed by atoms with Gasteiger partial charge in [0.15, 0.2) is 0 Å². The molecule has 18 heavy (non-hydrogen) atoms. The SMILES string of the molecule is COc1nc(NCc2cccc(C)c2)ccc1N. The van der Waals surface area contributed by atoms with Gasteiger partial charge in [-0.15, -0.1) is 0 Å². The highest BCUT2D eigenvalue weighted by Gasteiger charge is 2.02. The summed E-state index contributed by atoms with van der Waals surface area (Å²) in [6, 6.07) is 12.0. The van der Waals surface area contributed by atoms with Gasteiger partial charge in [0, 0.05) is 6.54 Å². The predicted octanol–water partition coefficient (Wildman–Crippen LogP) is 2.59. The summed E-state index contributed by atoms with van der Waals surface area (Å²) in [5.41, 5.74) is 8.71. The Balaban J connectivity index is 2.06. The van der Waals surface area contributed by atoms with E-state index in [0.29, 0.717) is 11.6 Å². The fourth-order valence-corrected chi connectivity index (χ4v) is 1.73. The molecule has 0 fully saturated rings. The van der Waals surface area contributed by atoms with Crippen molar-refractivity contribution in [1.82, 2.24) is 4.98 Å². The summed E-state index contributed by atoms with van der Waals surface area (Å²) in [5.74, 6) is 1.20. The van der Waals surface area contributed by atoms with Crippen molar-refractivity contribution in [3.63, 3.8) is 0 Å². The number of nitrogens with zero attached hydrogens (tertiary/aromatic N) is 1. The van der Waals surface area contributed by atoms with E-state index in [0.717, 1.165) is 12.4 Å². The maximum Gasteiger partial charge on any atom is 0.238 e. The molecule has 0 amide bonds. The number of hydrogen-bond acceptors (Lipinski definition) is 4. The van der Waals surface area contributed by atoms with E-state index in [2.05, 4.69) is 35.4 Å². The van der Waals surface area contributed by atoms with Crippen molar-refractivity contribution in [2.45, 2.75) is 13.5 Å². The van der Waals surface area contributed by atoms with Crippen LogP contribution in [0, 0.1) is 6.92 Å². The average Bonchev–Trinajstić information content (AvgIpc) is 2.38. The molecule has 94 valence electrons. The molecular formula is C14H17N3O. The lowest BCUT2D eigenvalue weighted by Gasteiger charge is -2.09. The highest BCUT2D eigenvalue weighted by Crippen LogP contribution is 2.20. The Hall–Kier alpha value is -2.23. The van der Waals surface area contributed by atoms with Crippen LogP contribution in [0.5, 0.6) is 5.88 Å². The Morgan fingerprint density at radius 2 is 2.11 bits per heavy atom. The average molecular weight is 243 g/mol. The minimum atomic E-state index is 0.448. The van der Waals surface area contributed by atoms with Gasteiger partial charge in [-0.2, -0.15) is 4.98 Å². The molecule has 0 saturated carbocycles. The summed E-state index contributed by atoms with van der Waals surface area (Å²) in [7, 11) is 1.56. The van der Waals surface area contributed by atoms with Gasteiger partial charge in [0.25, 0.3) is 0 Å². The van der Waals surface area contributed by atoms with Crippen LogP contribution in [0.1, 0.15) is 11.1 Å². The lowest BCUT2D eigenvalue weighted by atomic mass is 10.1. The molecule has 0 atom stereocenters. The summed E-state index contributed by atoms with van der Waals surface area (Å²) < 4.78 is 5.08. The number of aromatic nitrogens is 1. The molecule has 0 aliphatic rings. The first-order valence-electron chi connectivity index (χ1n) is 5.79. The van der Waals surface area contributed by atoms with Crippen LogP contribution in [-0.4, -0.2) is 12.1 Å². The van der Waals surface area contributed by atoms with Crippen molar-refractivity contribution >= 4 is 11.5 Å². The smallest absolute Gasteiger partial charge is 0.238 e. The van der Waals surface area contributed by atoms with Gasteiger partial charge in [0.1, 0.15) is 5.82 Å². The van der Waals surface area contributed by atoms with Gasteiger partial charge in [0.2, 0.25) is 5.88 Å². The van der Waals surface area contributed by atoms with E-state index < -0.39 is 0 Å². The summed E-state index contributed by atoms with van der Waals surface area (Å²) in [5, 5.41) is 3.24.